The molecule has 0 saturated heterocycles. The van der Waals surface area contributed by atoms with E-state index in [1.807, 2.05) is 16.8 Å². The molecule has 1 aromatic heterocycles. The van der Waals surface area contributed by atoms with Crippen LogP contribution in [0.3, 0.4) is 0 Å². The molecule has 0 aliphatic heterocycles. The normalized spacial score (nSPS) is 16.5. The second-order valence-electron chi connectivity index (χ2n) is 5.24. The number of nitrogen functional groups attached to an aromatic ring is 1. The average Bonchev–Trinajstić information content (AvgIpc) is 3.14. The third-order valence-corrected chi connectivity index (χ3v) is 4.02. The fourth-order valence-electron chi connectivity index (χ4n) is 2.30. The lowest BCUT2D eigenvalue weighted by Gasteiger charge is -2.11. The van der Waals surface area contributed by atoms with E-state index in [-0.39, 0.29) is 0 Å². The van der Waals surface area contributed by atoms with Gasteiger partial charge in [-0.15, -0.1) is 5.10 Å². The monoisotopic (exact) mass is 277 g/mol. The zero-order valence-electron chi connectivity index (χ0n) is 10.8. The van der Waals surface area contributed by atoms with Gasteiger partial charge in [0.15, 0.2) is 5.82 Å². The van der Waals surface area contributed by atoms with Crippen LogP contribution in [0.15, 0.2) is 18.2 Å². The number of nitrogens with zero attached hydrogens (tertiary/aromatic N) is 4. The van der Waals surface area contributed by atoms with E-state index in [9.17, 15) is 0 Å². The van der Waals surface area contributed by atoms with Gasteiger partial charge in [-0.2, -0.15) is 0 Å². The first-order valence-corrected chi connectivity index (χ1v) is 6.84. The summed E-state index contributed by atoms with van der Waals surface area (Å²) in [6.07, 6.45) is 2.65. The van der Waals surface area contributed by atoms with Gasteiger partial charge in [0.05, 0.1) is 10.7 Å². The molecule has 0 bridgehead atoms. The molecular formula is C13H16ClN5. The predicted molar refractivity (Wildman–Crippen MR) is 74.6 cm³/mol. The van der Waals surface area contributed by atoms with Crippen LogP contribution in [0.25, 0.3) is 11.4 Å². The summed E-state index contributed by atoms with van der Waals surface area (Å²) in [6.45, 7) is 3.09. The fraction of sp³-hybridized carbons (Fsp3) is 0.462. The van der Waals surface area contributed by atoms with E-state index < -0.39 is 0 Å². The summed E-state index contributed by atoms with van der Waals surface area (Å²) in [5.74, 6) is 2.18. The molecule has 100 valence electrons. The lowest BCUT2D eigenvalue weighted by Crippen LogP contribution is -2.12. The summed E-state index contributed by atoms with van der Waals surface area (Å²) in [5.41, 5.74) is 7.27. The minimum atomic E-state index is 0.545. The second kappa shape index (κ2) is 4.81. The molecule has 0 radical (unpaired) electrons. The standard InChI is InChI=1S/C13H16ClN5/c1-8(9-2-3-9)7-19-13(16-17-18-19)10-4-5-11(14)12(15)6-10/h4-6,8-9H,2-3,7,15H2,1H3. The molecule has 1 heterocycles. The first kappa shape index (κ1) is 12.4. The zero-order chi connectivity index (χ0) is 13.4. The predicted octanol–water partition coefficient (Wildman–Crippen LogP) is 2.62. The number of halogens is 1. The molecule has 3 rings (SSSR count). The summed E-state index contributed by atoms with van der Waals surface area (Å²) in [7, 11) is 0. The van der Waals surface area contributed by atoms with Crippen molar-refractivity contribution in [1.29, 1.82) is 0 Å². The lowest BCUT2D eigenvalue weighted by atomic mass is 10.1. The number of benzene rings is 1. The smallest absolute Gasteiger partial charge is 0.182 e. The van der Waals surface area contributed by atoms with Gasteiger partial charge in [-0.05, 0) is 53.3 Å². The van der Waals surface area contributed by atoms with Gasteiger partial charge in [0.2, 0.25) is 0 Å². The highest BCUT2D eigenvalue weighted by atomic mass is 35.5. The fourth-order valence-corrected chi connectivity index (χ4v) is 2.42. The van der Waals surface area contributed by atoms with Crippen LogP contribution >= 0.6 is 11.6 Å². The van der Waals surface area contributed by atoms with E-state index in [0.717, 1.165) is 23.9 Å². The number of tetrazole rings is 1. The number of nitrogens with two attached hydrogens (primary N) is 1. The highest BCUT2D eigenvalue weighted by Gasteiger charge is 2.29. The third kappa shape index (κ3) is 2.56. The first-order chi connectivity index (χ1) is 9.15. The molecule has 1 unspecified atom stereocenters. The van der Waals surface area contributed by atoms with Gasteiger partial charge in [-0.3, -0.25) is 0 Å². The van der Waals surface area contributed by atoms with Crippen LogP contribution in [-0.4, -0.2) is 20.2 Å². The molecule has 2 aromatic rings. The van der Waals surface area contributed by atoms with Crippen LogP contribution in [0.4, 0.5) is 5.69 Å². The van der Waals surface area contributed by atoms with Gasteiger partial charge in [0, 0.05) is 12.1 Å². The van der Waals surface area contributed by atoms with Gasteiger partial charge >= 0.3 is 0 Å². The maximum Gasteiger partial charge on any atom is 0.182 e. The van der Waals surface area contributed by atoms with E-state index in [1.54, 1.807) is 6.07 Å². The van der Waals surface area contributed by atoms with Crippen LogP contribution in [0.1, 0.15) is 19.8 Å². The Morgan fingerprint density at radius 3 is 2.95 bits per heavy atom. The van der Waals surface area contributed by atoms with E-state index >= 15 is 0 Å². The van der Waals surface area contributed by atoms with Crippen LogP contribution in [-0.2, 0) is 6.54 Å². The van der Waals surface area contributed by atoms with Gasteiger partial charge in [-0.25, -0.2) is 4.68 Å². The molecule has 19 heavy (non-hydrogen) atoms. The molecule has 0 amide bonds. The molecule has 6 heteroatoms. The first-order valence-electron chi connectivity index (χ1n) is 6.46. The van der Waals surface area contributed by atoms with E-state index in [2.05, 4.69) is 22.4 Å². The van der Waals surface area contributed by atoms with Crippen molar-refractivity contribution in [2.45, 2.75) is 26.3 Å². The van der Waals surface area contributed by atoms with Gasteiger partial charge in [0.1, 0.15) is 0 Å². The Morgan fingerprint density at radius 2 is 2.26 bits per heavy atom. The van der Waals surface area contributed by atoms with Crippen LogP contribution < -0.4 is 5.73 Å². The lowest BCUT2D eigenvalue weighted by molar-refractivity contribution is 0.402. The van der Waals surface area contributed by atoms with Crippen molar-refractivity contribution in [2.75, 3.05) is 5.73 Å². The number of anilines is 1. The van der Waals surface area contributed by atoms with Crippen molar-refractivity contribution in [3.05, 3.63) is 23.2 Å². The summed E-state index contributed by atoms with van der Waals surface area (Å²) in [6, 6.07) is 5.48. The van der Waals surface area contributed by atoms with Crippen molar-refractivity contribution in [1.82, 2.24) is 20.2 Å². The molecule has 1 aliphatic rings. The Morgan fingerprint density at radius 1 is 1.47 bits per heavy atom. The largest absolute Gasteiger partial charge is 0.398 e. The molecule has 2 N–H and O–H groups in total. The summed E-state index contributed by atoms with van der Waals surface area (Å²) >= 11 is 5.93. The Hall–Kier alpha value is -1.62. The minimum Gasteiger partial charge on any atom is -0.398 e. The van der Waals surface area contributed by atoms with Gasteiger partial charge < -0.3 is 5.73 Å². The number of hydrogen-bond donors (Lipinski definition) is 1. The van der Waals surface area contributed by atoms with E-state index in [0.29, 0.717) is 16.6 Å². The maximum atomic E-state index is 5.93. The molecule has 5 nitrogen and oxygen atoms in total. The SMILES string of the molecule is CC(Cn1nnnc1-c1ccc(Cl)c(N)c1)C1CC1. The number of hydrogen-bond acceptors (Lipinski definition) is 4. The van der Waals surface area contributed by atoms with Crippen LogP contribution in [0, 0.1) is 11.8 Å². The van der Waals surface area contributed by atoms with Crippen LogP contribution in [0.5, 0.6) is 0 Å². The molecule has 1 saturated carbocycles. The van der Waals surface area contributed by atoms with Crippen molar-refractivity contribution in [3.63, 3.8) is 0 Å². The minimum absolute atomic E-state index is 0.545. The summed E-state index contributed by atoms with van der Waals surface area (Å²) < 4.78 is 1.85. The van der Waals surface area contributed by atoms with Gasteiger partial charge in [0.25, 0.3) is 0 Å². The molecule has 1 aliphatic carbocycles. The quantitative estimate of drug-likeness (QED) is 0.872. The molecule has 1 fully saturated rings. The zero-order valence-corrected chi connectivity index (χ0v) is 11.5. The van der Waals surface area contributed by atoms with Crippen molar-refractivity contribution >= 4 is 17.3 Å². The molecule has 1 aromatic carbocycles. The van der Waals surface area contributed by atoms with E-state index in [1.165, 1.54) is 12.8 Å². The third-order valence-electron chi connectivity index (χ3n) is 3.67. The number of aromatic nitrogens is 4. The highest BCUT2D eigenvalue weighted by Crippen LogP contribution is 2.37. The Bertz CT molecular complexity index is 590. The Labute approximate surface area is 116 Å². The molecule has 1 atom stereocenters. The molecular weight excluding hydrogens is 262 g/mol. The average molecular weight is 278 g/mol. The number of rotatable bonds is 4. The summed E-state index contributed by atoms with van der Waals surface area (Å²) in [4.78, 5) is 0. The maximum absolute atomic E-state index is 5.93. The Balaban J connectivity index is 1.87. The topological polar surface area (TPSA) is 69.6 Å². The second-order valence-corrected chi connectivity index (χ2v) is 5.64. The van der Waals surface area contributed by atoms with Crippen molar-refractivity contribution in [3.8, 4) is 11.4 Å². The van der Waals surface area contributed by atoms with Gasteiger partial charge in [-0.1, -0.05) is 18.5 Å². The molecule has 0 spiro atoms. The van der Waals surface area contributed by atoms with Crippen molar-refractivity contribution < 1.29 is 0 Å². The summed E-state index contributed by atoms with van der Waals surface area (Å²) in [5, 5.41) is 12.5. The van der Waals surface area contributed by atoms with Crippen molar-refractivity contribution in [2.24, 2.45) is 11.8 Å². The van der Waals surface area contributed by atoms with E-state index in [4.69, 9.17) is 17.3 Å². The van der Waals surface area contributed by atoms with Crippen LogP contribution in [0.2, 0.25) is 5.02 Å². The highest BCUT2D eigenvalue weighted by molar-refractivity contribution is 6.33. The Kier molecular flexibility index (Phi) is 3.14.